The van der Waals surface area contributed by atoms with Crippen molar-refractivity contribution in [2.45, 2.75) is 18.2 Å². The summed E-state index contributed by atoms with van der Waals surface area (Å²) in [5.74, 6) is 1.18. The first-order valence-electron chi connectivity index (χ1n) is 6.34. The van der Waals surface area contributed by atoms with Gasteiger partial charge < -0.3 is 4.42 Å². The smallest absolute Gasteiger partial charge is 0.247 e. The van der Waals surface area contributed by atoms with Crippen LogP contribution in [0.2, 0.25) is 0 Å². The van der Waals surface area contributed by atoms with Crippen molar-refractivity contribution in [3.8, 4) is 11.5 Å². The van der Waals surface area contributed by atoms with Crippen LogP contribution in [0.5, 0.6) is 0 Å². The van der Waals surface area contributed by atoms with E-state index in [0.29, 0.717) is 11.8 Å². The Kier molecular flexibility index (Phi) is 3.89. The fourth-order valence-corrected chi connectivity index (χ4v) is 2.57. The molecule has 0 amide bonds. The first kappa shape index (κ1) is 13.8. The molecule has 0 aliphatic rings. The zero-order valence-corrected chi connectivity index (χ0v) is 14.0. The topological polar surface area (TPSA) is 38.9 Å². The molecule has 1 heterocycles. The lowest BCUT2D eigenvalue weighted by Crippen LogP contribution is -1.86. The van der Waals surface area contributed by atoms with Crippen LogP contribution in [0.3, 0.4) is 0 Å². The Hall–Kier alpha value is -1.20. The molecule has 0 aliphatic carbocycles. The van der Waals surface area contributed by atoms with Crippen LogP contribution in [0.25, 0.3) is 22.2 Å². The second-order valence-electron chi connectivity index (χ2n) is 4.53. The maximum atomic E-state index is 5.72. The molecule has 0 bridgehead atoms. The first-order valence-corrected chi connectivity index (χ1v) is 8.05. The summed E-state index contributed by atoms with van der Waals surface area (Å²) < 4.78 is 6.79. The number of rotatable bonds is 3. The summed E-state index contributed by atoms with van der Waals surface area (Å²) >= 11 is 6.99. The third-order valence-corrected chi connectivity index (χ3v) is 4.65. The fraction of sp³-hybridized carbons (Fsp3) is 0.200. The van der Waals surface area contributed by atoms with E-state index in [2.05, 4.69) is 73.2 Å². The molecule has 0 spiro atoms. The van der Waals surface area contributed by atoms with Crippen molar-refractivity contribution < 1.29 is 4.42 Å². The molecular formula is C15H12Br2N2O. The lowest BCUT2D eigenvalue weighted by atomic mass is 10.1. The molecule has 102 valence electrons. The maximum Gasteiger partial charge on any atom is 0.247 e. The Balaban J connectivity index is 2.01. The molecule has 5 heteroatoms. The van der Waals surface area contributed by atoms with Crippen molar-refractivity contribution in [2.24, 2.45) is 0 Å². The summed E-state index contributed by atoms with van der Waals surface area (Å²) in [5, 5.41) is 10.5. The zero-order chi connectivity index (χ0) is 14.1. The number of alkyl halides is 1. The Morgan fingerprint density at radius 1 is 1.10 bits per heavy atom. The minimum Gasteiger partial charge on any atom is -0.419 e. The largest absolute Gasteiger partial charge is 0.419 e. The summed E-state index contributed by atoms with van der Waals surface area (Å²) in [6.45, 7) is 2.07. The highest BCUT2D eigenvalue weighted by Gasteiger charge is 2.14. The Morgan fingerprint density at radius 2 is 1.85 bits per heavy atom. The van der Waals surface area contributed by atoms with Crippen LogP contribution in [0, 0.1) is 0 Å². The molecule has 2 aromatic carbocycles. The van der Waals surface area contributed by atoms with Gasteiger partial charge in [-0.25, -0.2) is 0 Å². The number of nitrogens with zero attached hydrogens (tertiary/aromatic N) is 2. The first-order chi connectivity index (χ1) is 9.67. The molecule has 0 N–H and O–H groups in total. The van der Waals surface area contributed by atoms with Crippen LogP contribution < -0.4 is 0 Å². The summed E-state index contributed by atoms with van der Waals surface area (Å²) in [4.78, 5) is 0.111. The van der Waals surface area contributed by atoms with E-state index in [1.165, 1.54) is 5.39 Å². The van der Waals surface area contributed by atoms with E-state index in [9.17, 15) is 0 Å². The van der Waals surface area contributed by atoms with Crippen LogP contribution in [0.1, 0.15) is 24.1 Å². The van der Waals surface area contributed by atoms with Gasteiger partial charge in [-0.05, 0) is 41.5 Å². The van der Waals surface area contributed by atoms with Gasteiger partial charge >= 0.3 is 0 Å². The van der Waals surface area contributed by atoms with Crippen LogP contribution >= 0.6 is 31.9 Å². The Morgan fingerprint density at radius 3 is 2.65 bits per heavy atom. The third kappa shape index (κ3) is 2.65. The van der Waals surface area contributed by atoms with E-state index in [1.807, 2.05) is 12.1 Å². The van der Waals surface area contributed by atoms with Crippen LogP contribution in [-0.4, -0.2) is 10.2 Å². The van der Waals surface area contributed by atoms with E-state index in [0.717, 1.165) is 21.8 Å². The van der Waals surface area contributed by atoms with Gasteiger partial charge in [-0.1, -0.05) is 50.9 Å². The van der Waals surface area contributed by atoms with E-state index in [4.69, 9.17) is 4.42 Å². The minimum atomic E-state index is 0.111. The summed E-state index contributed by atoms with van der Waals surface area (Å²) in [6.07, 6.45) is 0.910. The number of hydrogen-bond donors (Lipinski definition) is 0. The highest BCUT2D eigenvalue weighted by Crippen LogP contribution is 2.29. The monoisotopic (exact) mass is 394 g/mol. The lowest BCUT2D eigenvalue weighted by Gasteiger charge is -2.01. The van der Waals surface area contributed by atoms with Crippen LogP contribution in [-0.2, 0) is 0 Å². The molecule has 1 aromatic heterocycles. The van der Waals surface area contributed by atoms with Gasteiger partial charge in [0.25, 0.3) is 0 Å². The molecule has 3 aromatic rings. The van der Waals surface area contributed by atoms with Gasteiger partial charge in [0, 0.05) is 10.0 Å². The summed E-state index contributed by atoms with van der Waals surface area (Å²) in [6, 6.07) is 12.3. The molecule has 1 atom stereocenters. The molecule has 0 radical (unpaired) electrons. The van der Waals surface area contributed by atoms with Gasteiger partial charge in [0.1, 0.15) is 0 Å². The van der Waals surface area contributed by atoms with Crippen molar-refractivity contribution in [2.75, 3.05) is 0 Å². The number of halogens is 2. The molecular weight excluding hydrogens is 384 g/mol. The predicted octanol–water partition coefficient (Wildman–Crippen LogP) is 5.50. The van der Waals surface area contributed by atoms with E-state index >= 15 is 0 Å². The molecule has 1 unspecified atom stereocenters. The van der Waals surface area contributed by atoms with Crippen LogP contribution in [0.4, 0.5) is 0 Å². The lowest BCUT2D eigenvalue weighted by molar-refractivity contribution is 0.500. The molecule has 20 heavy (non-hydrogen) atoms. The van der Waals surface area contributed by atoms with E-state index in [-0.39, 0.29) is 4.83 Å². The van der Waals surface area contributed by atoms with Crippen molar-refractivity contribution in [3.63, 3.8) is 0 Å². The second-order valence-corrected chi connectivity index (χ2v) is 6.55. The van der Waals surface area contributed by atoms with Crippen molar-refractivity contribution in [1.82, 2.24) is 10.2 Å². The molecule has 3 rings (SSSR count). The Labute approximate surface area is 133 Å². The molecule has 0 aliphatic heterocycles. The Bertz CT molecular complexity index is 754. The summed E-state index contributed by atoms with van der Waals surface area (Å²) in [7, 11) is 0. The number of fused-ring (bicyclic) bond motifs is 1. The number of hydrogen-bond acceptors (Lipinski definition) is 3. The minimum absolute atomic E-state index is 0.111. The second kappa shape index (κ2) is 5.66. The van der Waals surface area contributed by atoms with Gasteiger partial charge in [-0.15, -0.1) is 10.2 Å². The highest BCUT2D eigenvalue weighted by molar-refractivity contribution is 9.10. The quantitative estimate of drug-likeness (QED) is 0.549. The van der Waals surface area contributed by atoms with Gasteiger partial charge in [0.2, 0.25) is 11.8 Å². The van der Waals surface area contributed by atoms with Crippen molar-refractivity contribution in [3.05, 3.63) is 46.8 Å². The zero-order valence-electron chi connectivity index (χ0n) is 10.8. The standard InChI is InChI=1S/C15H12Br2N2O/c1-2-13(17)15-19-18-14(20-15)11-4-3-10-8-12(16)6-5-9(10)7-11/h3-8,13H,2H2,1H3. The maximum absolute atomic E-state index is 5.72. The van der Waals surface area contributed by atoms with Crippen molar-refractivity contribution in [1.29, 1.82) is 0 Å². The molecule has 3 nitrogen and oxygen atoms in total. The molecule has 0 fully saturated rings. The van der Waals surface area contributed by atoms with Crippen molar-refractivity contribution >= 4 is 42.6 Å². The predicted molar refractivity (Wildman–Crippen MR) is 86.9 cm³/mol. The van der Waals surface area contributed by atoms with Gasteiger partial charge in [-0.3, -0.25) is 0 Å². The molecule has 0 saturated heterocycles. The normalized spacial score (nSPS) is 12.8. The SMILES string of the molecule is CCC(Br)c1nnc(-c2ccc3cc(Br)ccc3c2)o1. The van der Waals surface area contributed by atoms with Crippen LogP contribution in [0.15, 0.2) is 45.3 Å². The van der Waals surface area contributed by atoms with Gasteiger partial charge in [0.15, 0.2) is 0 Å². The highest BCUT2D eigenvalue weighted by atomic mass is 79.9. The third-order valence-electron chi connectivity index (χ3n) is 3.12. The van der Waals surface area contributed by atoms with Gasteiger partial charge in [0.05, 0.1) is 4.83 Å². The number of aromatic nitrogens is 2. The van der Waals surface area contributed by atoms with E-state index < -0.39 is 0 Å². The average molecular weight is 396 g/mol. The molecule has 0 saturated carbocycles. The summed E-state index contributed by atoms with van der Waals surface area (Å²) in [5.41, 5.74) is 0.939. The van der Waals surface area contributed by atoms with E-state index in [1.54, 1.807) is 0 Å². The fourth-order valence-electron chi connectivity index (χ4n) is 2.00. The average Bonchev–Trinajstić information content (AvgIpc) is 2.95. The van der Waals surface area contributed by atoms with Gasteiger partial charge in [-0.2, -0.15) is 0 Å². The number of benzene rings is 2.